The summed E-state index contributed by atoms with van der Waals surface area (Å²) >= 11 is 2.73. The predicted molar refractivity (Wildman–Crippen MR) is 94.4 cm³/mol. The Morgan fingerprint density at radius 1 is 0.476 bits per heavy atom. The van der Waals surface area contributed by atoms with E-state index in [2.05, 4.69) is 82.7 Å². The van der Waals surface area contributed by atoms with Gasteiger partial charge in [-0.05, 0) is 0 Å². The third-order valence-electron chi connectivity index (χ3n) is 4.49. The van der Waals surface area contributed by atoms with E-state index in [9.17, 15) is 0 Å². The molecule has 0 radical (unpaired) electrons. The molecule has 0 spiro atoms. The monoisotopic (exact) mass is 332 g/mol. The second-order valence-corrected chi connectivity index (χ2v) is 6.58. The molecule has 0 saturated heterocycles. The summed E-state index contributed by atoms with van der Waals surface area (Å²) in [6, 6.07) is 24.3. The summed E-state index contributed by atoms with van der Waals surface area (Å²) in [6.07, 6.45) is 0. The maximum atomic E-state index is 2.73. The van der Waals surface area contributed by atoms with Crippen molar-refractivity contribution in [2.24, 2.45) is 0 Å². The molecule has 0 heterocycles. The quantitative estimate of drug-likeness (QED) is 0.226. The van der Waals surface area contributed by atoms with E-state index in [4.69, 9.17) is 0 Å². The van der Waals surface area contributed by atoms with E-state index in [0.717, 1.165) is 0 Å². The Balaban J connectivity index is 2.32. The summed E-state index contributed by atoms with van der Waals surface area (Å²) in [5.41, 5.74) is 0. The summed E-state index contributed by atoms with van der Waals surface area (Å²) in [6.45, 7) is 0. The summed E-state index contributed by atoms with van der Waals surface area (Å²) in [4.78, 5) is 0. The van der Waals surface area contributed by atoms with Gasteiger partial charge >= 0.3 is 130 Å². The van der Waals surface area contributed by atoms with Crippen LogP contribution < -0.4 is 4.46 Å². The van der Waals surface area contributed by atoms with Gasteiger partial charge in [-0.15, -0.1) is 0 Å². The van der Waals surface area contributed by atoms with E-state index >= 15 is 0 Å². The van der Waals surface area contributed by atoms with Gasteiger partial charge in [-0.25, -0.2) is 0 Å². The van der Waals surface area contributed by atoms with Crippen LogP contribution in [-0.4, -0.2) is 16.0 Å². The van der Waals surface area contributed by atoms with Crippen LogP contribution in [0.3, 0.4) is 0 Å². The molecule has 0 aliphatic rings. The van der Waals surface area contributed by atoms with Crippen LogP contribution in [0.1, 0.15) is 0 Å². The molecule has 98 valence electrons. The van der Waals surface area contributed by atoms with E-state index < -0.39 is 0 Å². The van der Waals surface area contributed by atoms with Crippen LogP contribution in [0.5, 0.6) is 0 Å². The van der Waals surface area contributed by atoms with Crippen molar-refractivity contribution < 1.29 is 0 Å². The van der Waals surface area contributed by atoms with Crippen LogP contribution in [0.15, 0.2) is 66.7 Å². The normalized spacial score (nSPS) is 12.0. The van der Waals surface area contributed by atoms with Crippen LogP contribution in [0, 0.1) is 0 Å². The summed E-state index contributed by atoms with van der Waals surface area (Å²) < 4.78 is 1.30. The van der Waals surface area contributed by atoms with Crippen molar-refractivity contribution in [1.82, 2.24) is 0 Å². The molecule has 0 atom stereocenters. The van der Waals surface area contributed by atoms with Crippen LogP contribution in [0.25, 0.3) is 43.1 Å². The standard InChI is InChI=1S/C20H12Se/c21-17-11-10-13-6-2-8-15-14-7-1-4-12-5-3-9-16(18(12)14)20(17)19(13)15/h1-11,21H. The first-order valence-electron chi connectivity index (χ1n) is 7.12. The molecule has 0 N–H and O–H groups in total. The number of benzene rings is 5. The molecule has 1 heteroatoms. The number of rotatable bonds is 0. The second kappa shape index (κ2) is 3.98. The van der Waals surface area contributed by atoms with Gasteiger partial charge in [0.2, 0.25) is 0 Å². The number of hydrogen-bond donors (Lipinski definition) is 0. The van der Waals surface area contributed by atoms with E-state index in [-0.39, 0.29) is 0 Å². The molecule has 0 fully saturated rings. The number of fused-ring (bicyclic) bond motifs is 2. The molecule has 0 nitrogen and oxygen atoms in total. The van der Waals surface area contributed by atoms with Gasteiger partial charge in [0.05, 0.1) is 0 Å². The van der Waals surface area contributed by atoms with Gasteiger partial charge in [0.1, 0.15) is 0 Å². The molecular formula is C20H12Se. The Bertz CT molecular complexity index is 1130. The molecule has 21 heavy (non-hydrogen) atoms. The zero-order chi connectivity index (χ0) is 14.0. The molecule has 5 rings (SSSR count). The molecule has 0 bridgehead atoms. The average molecular weight is 331 g/mol. The van der Waals surface area contributed by atoms with Crippen LogP contribution in [0.2, 0.25) is 0 Å². The first-order chi connectivity index (χ1) is 10.3. The molecule has 0 aliphatic carbocycles. The first kappa shape index (κ1) is 11.6. The van der Waals surface area contributed by atoms with Gasteiger partial charge in [-0.2, -0.15) is 0 Å². The van der Waals surface area contributed by atoms with Gasteiger partial charge in [-0.1, -0.05) is 0 Å². The van der Waals surface area contributed by atoms with Crippen molar-refractivity contribution in [2.45, 2.75) is 0 Å². The molecule has 5 aromatic carbocycles. The van der Waals surface area contributed by atoms with Gasteiger partial charge in [0, 0.05) is 0 Å². The van der Waals surface area contributed by atoms with Crippen LogP contribution in [-0.2, 0) is 0 Å². The van der Waals surface area contributed by atoms with Crippen molar-refractivity contribution in [3.05, 3.63) is 66.7 Å². The SMILES string of the molecule is [SeH]c1ccc2cccc3c4cccc5cccc(c1c23)c54. The van der Waals surface area contributed by atoms with Crippen LogP contribution >= 0.6 is 0 Å². The minimum absolute atomic E-state index is 1.30. The zero-order valence-corrected chi connectivity index (χ0v) is 13.2. The second-order valence-electron chi connectivity index (χ2n) is 5.57. The summed E-state index contributed by atoms with van der Waals surface area (Å²) in [7, 11) is 0. The van der Waals surface area contributed by atoms with Crippen molar-refractivity contribution >= 4 is 63.6 Å². The molecule has 5 aromatic rings. The molecular weight excluding hydrogens is 319 g/mol. The van der Waals surface area contributed by atoms with Crippen molar-refractivity contribution in [2.75, 3.05) is 0 Å². The van der Waals surface area contributed by atoms with Gasteiger partial charge in [0.25, 0.3) is 0 Å². The van der Waals surface area contributed by atoms with E-state index in [1.807, 2.05) is 0 Å². The fourth-order valence-electron chi connectivity index (χ4n) is 3.64. The molecule has 0 amide bonds. The Labute approximate surface area is 130 Å². The summed E-state index contributed by atoms with van der Waals surface area (Å²) in [5, 5.41) is 10.9. The first-order valence-corrected chi connectivity index (χ1v) is 8.05. The number of hydrogen-bond acceptors (Lipinski definition) is 0. The van der Waals surface area contributed by atoms with E-state index in [1.165, 1.54) is 47.6 Å². The molecule has 0 unspecified atom stereocenters. The van der Waals surface area contributed by atoms with Crippen molar-refractivity contribution in [1.29, 1.82) is 0 Å². The Morgan fingerprint density at radius 2 is 1.05 bits per heavy atom. The van der Waals surface area contributed by atoms with Gasteiger partial charge < -0.3 is 0 Å². The molecule has 0 aromatic heterocycles. The third-order valence-corrected chi connectivity index (χ3v) is 5.27. The molecule has 0 aliphatic heterocycles. The Kier molecular flexibility index (Phi) is 2.19. The van der Waals surface area contributed by atoms with Crippen LogP contribution in [0.4, 0.5) is 0 Å². The van der Waals surface area contributed by atoms with E-state index in [1.54, 1.807) is 0 Å². The zero-order valence-electron chi connectivity index (χ0n) is 11.3. The Morgan fingerprint density at radius 3 is 1.76 bits per heavy atom. The van der Waals surface area contributed by atoms with Gasteiger partial charge in [0.15, 0.2) is 0 Å². The topological polar surface area (TPSA) is 0 Å². The Hall–Kier alpha value is -2.08. The third kappa shape index (κ3) is 1.40. The summed E-state index contributed by atoms with van der Waals surface area (Å²) in [5.74, 6) is 0. The van der Waals surface area contributed by atoms with Crippen molar-refractivity contribution in [3.8, 4) is 0 Å². The fourth-order valence-corrected chi connectivity index (χ4v) is 4.28. The minimum atomic E-state index is 1.30. The maximum absolute atomic E-state index is 2.73. The van der Waals surface area contributed by atoms with Crippen molar-refractivity contribution in [3.63, 3.8) is 0 Å². The molecule has 0 saturated carbocycles. The van der Waals surface area contributed by atoms with E-state index in [0.29, 0.717) is 0 Å². The average Bonchev–Trinajstić information content (AvgIpc) is 2.53. The van der Waals surface area contributed by atoms with Gasteiger partial charge in [-0.3, -0.25) is 0 Å². The fraction of sp³-hybridized carbons (Fsp3) is 0. The predicted octanol–water partition coefficient (Wildman–Crippen LogP) is 4.26.